The van der Waals surface area contributed by atoms with E-state index in [1.54, 1.807) is 17.5 Å². The van der Waals surface area contributed by atoms with Crippen LogP contribution in [0.25, 0.3) is 10.7 Å². The van der Waals surface area contributed by atoms with Crippen molar-refractivity contribution in [1.82, 2.24) is 9.55 Å². The number of rotatable bonds is 4. The van der Waals surface area contributed by atoms with Crippen LogP contribution in [0.1, 0.15) is 11.5 Å². The molecular weight excluding hydrogens is 266 g/mol. The first-order valence-corrected chi connectivity index (χ1v) is 7.26. The Morgan fingerprint density at radius 2 is 2.05 bits per heavy atom. The molecule has 0 aliphatic heterocycles. The van der Waals surface area contributed by atoms with E-state index in [4.69, 9.17) is 0 Å². The van der Waals surface area contributed by atoms with Gasteiger partial charge in [0.15, 0.2) is 0 Å². The third-order valence-electron chi connectivity index (χ3n) is 3.19. The molecule has 3 rings (SSSR count). The van der Waals surface area contributed by atoms with E-state index in [-0.39, 0.29) is 5.92 Å². The van der Waals surface area contributed by atoms with Crippen LogP contribution in [0.3, 0.4) is 0 Å². The molecule has 0 saturated heterocycles. The molecule has 1 atom stereocenters. The van der Waals surface area contributed by atoms with Crippen LogP contribution in [0.2, 0.25) is 0 Å². The molecular formula is C16H13N3S. The molecule has 2 heterocycles. The van der Waals surface area contributed by atoms with Crippen LogP contribution < -0.4 is 0 Å². The van der Waals surface area contributed by atoms with Gasteiger partial charge >= 0.3 is 0 Å². The van der Waals surface area contributed by atoms with E-state index in [0.717, 1.165) is 16.3 Å². The highest BCUT2D eigenvalue weighted by Crippen LogP contribution is 2.25. The summed E-state index contributed by atoms with van der Waals surface area (Å²) < 4.78 is 2.05. The fraction of sp³-hybridized carbons (Fsp3) is 0.125. The Kier molecular flexibility index (Phi) is 3.62. The number of thiophene rings is 1. The molecule has 0 radical (unpaired) electrons. The molecule has 20 heavy (non-hydrogen) atoms. The summed E-state index contributed by atoms with van der Waals surface area (Å²) in [6.45, 7) is 0.619. The highest BCUT2D eigenvalue weighted by Gasteiger charge is 2.14. The van der Waals surface area contributed by atoms with E-state index < -0.39 is 0 Å². The maximum Gasteiger partial charge on any atom is 0.150 e. The van der Waals surface area contributed by atoms with Crippen LogP contribution in [-0.4, -0.2) is 9.55 Å². The summed E-state index contributed by atoms with van der Waals surface area (Å²) in [6.07, 6.45) is 3.72. The van der Waals surface area contributed by atoms with Crippen molar-refractivity contribution in [2.24, 2.45) is 0 Å². The summed E-state index contributed by atoms with van der Waals surface area (Å²) in [5.41, 5.74) is 1.04. The molecule has 0 fully saturated rings. The Bertz CT molecular complexity index is 708. The quantitative estimate of drug-likeness (QED) is 0.726. The molecule has 2 aromatic heterocycles. The summed E-state index contributed by atoms with van der Waals surface area (Å²) in [7, 11) is 0. The molecule has 0 aliphatic carbocycles. The lowest BCUT2D eigenvalue weighted by molar-refractivity contribution is 0.652. The second-order valence-electron chi connectivity index (χ2n) is 4.47. The largest absolute Gasteiger partial charge is 0.329 e. The van der Waals surface area contributed by atoms with E-state index >= 15 is 0 Å². The zero-order valence-corrected chi connectivity index (χ0v) is 11.6. The minimum absolute atomic E-state index is 0.163. The lowest BCUT2D eigenvalue weighted by Gasteiger charge is -2.12. The fourth-order valence-electron chi connectivity index (χ4n) is 2.19. The Labute approximate surface area is 121 Å². The number of aromatic nitrogens is 2. The summed E-state index contributed by atoms with van der Waals surface area (Å²) in [4.78, 5) is 5.53. The van der Waals surface area contributed by atoms with Crippen molar-refractivity contribution in [2.75, 3.05) is 0 Å². The van der Waals surface area contributed by atoms with Crippen LogP contribution in [-0.2, 0) is 6.54 Å². The Morgan fingerprint density at radius 3 is 2.75 bits per heavy atom. The van der Waals surface area contributed by atoms with Gasteiger partial charge in [-0.2, -0.15) is 5.26 Å². The van der Waals surface area contributed by atoms with Crippen molar-refractivity contribution in [3.8, 4) is 16.8 Å². The predicted molar refractivity (Wildman–Crippen MR) is 80.3 cm³/mol. The van der Waals surface area contributed by atoms with Gasteiger partial charge in [-0.1, -0.05) is 36.4 Å². The Hall–Kier alpha value is -2.38. The van der Waals surface area contributed by atoms with E-state index in [2.05, 4.69) is 11.1 Å². The fourth-order valence-corrected chi connectivity index (χ4v) is 2.93. The van der Waals surface area contributed by atoms with Crippen LogP contribution in [0.15, 0.2) is 60.2 Å². The average Bonchev–Trinajstić information content (AvgIpc) is 3.16. The minimum Gasteiger partial charge on any atom is -0.329 e. The van der Waals surface area contributed by atoms with E-state index in [0.29, 0.717) is 6.54 Å². The Morgan fingerprint density at radius 1 is 1.20 bits per heavy atom. The monoisotopic (exact) mass is 279 g/mol. The number of hydrogen-bond donors (Lipinski definition) is 0. The first-order valence-electron chi connectivity index (χ1n) is 6.38. The summed E-state index contributed by atoms with van der Waals surface area (Å²) >= 11 is 1.66. The highest BCUT2D eigenvalue weighted by atomic mass is 32.1. The van der Waals surface area contributed by atoms with Gasteiger partial charge in [0.2, 0.25) is 0 Å². The second kappa shape index (κ2) is 5.72. The molecule has 3 nitrogen and oxygen atoms in total. The van der Waals surface area contributed by atoms with Crippen molar-refractivity contribution < 1.29 is 0 Å². The van der Waals surface area contributed by atoms with Crippen molar-refractivity contribution in [1.29, 1.82) is 5.26 Å². The summed E-state index contributed by atoms with van der Waals surface area (Å²) in [5.74, 6) is 0.764. The second-order valence-corrected chi connectivity index (χ2v) is 5.42. The van der Waals surface area contributed by atoms with Crippen molar-refractivity contribution >= 4 is 11.3 Å². The number of hydrogen-bond acceptors (Lipinski definition) is 3. The van der Waals surface area contributed by atoms with E-state index in [1.807, 2.05) is 58.6 Å². The van der Waals surface area contributed by atoms with E-state index in [9.17, 15) is 5.26 Å². The molecule has 0 bridgehead atoms. The van der Waals surface area contributed by atoms with Crippen molar-refractivity contribution in [3.05, 3.63) is 65.8 Å². The highest BCUT2D eigenvalue weighted by molar-refractivity contribution is 7.13. The van der Waals surface area contributed by atoms with Gasteiger partial charge in [-0.15, -0.1) is 11.3 Å². The average molecular weight is 279 g/mol. The van der Waals surface area contributed by atoms with Crippen LogP contribution >= 0.6 is 11.3 Å². The minimum atomic E-state index is -0.163. The van der Waals surface area contributed by atoms with Gasteiger partial charge in [0, 0.05) is 18.9 Å². The maximum absolute atomic E-state index is 9.42. The molecule has 0 spiro atoms. The molecule has 0 N–H and O–H groups in total. The number of imidazole rings is 1. The van der Waals surface area contributed by atoms with Crippen LogP contribution in [0.4, 0.5) is 0 Å². The lowest BCUT2D eigenvalue weighted by atomic mass is 10.0. The topological polar surface area (TPSA) is 41.6 Å². The summed E-state index contributed by atoms with van der Waals surface area (Å²) in [5, 5.41) is 11.5. The van der Waals surface area contributed by atoms with Crippen LogP contribution in [0.5, 0.6) is 0 Å². The molecule has 1 aromatic carbocycles. The van der Waals surface area contributed by atoms with Crippen molar-refractivity contribution in [2.45, 2.75) is 12.5 Å². The van der Waals surface area contributed by atoms with Gasteiger partial charge in [0.05, 0.1) is 16.9 Å². The number of nitrogens with zero attached hydrogens (tertiary/aromatic N) is 3. The molecule has 1 unspecified atom stereocenters. The lowest BCUT2D eigenvalue weighted by Crippen LogP contribution is -2.08. The first kappa shape index (κ1) is 12.6. The molecule has 0 amide bonds. The molecule has 3 aromatic rings. The van der Waals surface area contributed by atoms with E-state index in [1.165, 1.54) is 0 Å². The van der Waals surface area contributed by atoms with Gasteiger partial charge in [0.1, 0.15) is 5.82 Å². The van der Waals surface area contributed by atoms with Gasteiger partial charge in [0.25, 0.3) is 0 Å². The van der Waals surface area contributed by atoms with Gasteiger partial charge in [-0.25, -0.2) is 4.98 Å². The predicted octanol–water partition coefficient (Wildman–Crippen LogP) is 3.92. The molecule has 0 saturated carbocycles. The first-order chi connectivity index (χ1) is 9.88. The standard InChI is InChI=1S/C16H13N3S/c17-11-14(13-5-2-1-3-6-13)12-19-9-8-18-16(19)15-7-4-10-20-15/h1-10,14H,12H2. The third kappa shape index (κ3) is 2.49. The zero-order valence-electron chi connectivity index (χ0n) is 10.8. The normalized spacial score (nSPS) is 11.9. The molecule has 98 valence electrons. The summed E-state index contributed by atoms with van der Waals surface area (Å²) in [6, 6.07) is 16.3. The maximum atomic E-state index is 9.42. The molecule has 0 aliphatic rings. The smallest absolute Gasteiger partial charge is 0.150 e. The third-order valence-corrected chi connectivity index (χ3v) is 4.06. The zero-order chi connectivity index (χ0) is 13.8. The van der Waals surface area contributed by atoms with Crippen LogP contribution in [0, 0.1) is 11.3 Å². The molecule has 4 heteroatoms. The van der Waals surface area contributed by atoms with Gasteiger partial charge < -0.3 is 4.57 Å². The van der Waals surface area contributed by atoms with Crippen molar-refractivity contribution in [3.63, 3.8) is 0 Å². The number of nitriles is 1. The van der Waals surface area contributed by atoms with Gasteiger partial charge in [-0.05, 0) is 17.0 Å². The Balaban J connectivity index is 1.88. The van der Waals surface area contributed by atoms with Gasteiger partial charge in [-0.3, -0.25) is 0 Å². The SMILES string of the molecule is N#CC(Cn1ccnc1-c1cccs1)c1ccccc1. The number of benzene rings is 1.